The third-order valence-corrected chi connectivity index (χ3v) is 4.21. The first-order valence-electron chi connectivity index (χ1n) is 9.12. The number of para-hydroxylation sites is 1. The van der Waals surface area contributed by atoms with E-state index >= 15 is 0 Å². The lowest BCUT2D eigenvalue weighted by molar-refractivity contribution is -0.121. The van der Waals surface area contributed by atoms with Crippen molar-refractivity contribution in [1.29, 1.82) is 0 Å². The second-order valence-corrected chi connectivity index (χ2v) is 6.06. The largest absolute Gasteiger partial charge is 0.370 e. The first kappa shape index (κ1) is 19.5. The van der Waals surface area contributed by atoms with Crippen molar-refractivity contribution in [3.63, 3.8) is 0 Å². The van der Waals surface area contributed by atoms with Crippen LogP contribution in [0.3, 0.4) is 0 Å². The Bertz CT molecular complexity index is 719. The minimum absolute atomic E-state index is 0.0337. The predicted molar refractivity (Wildman–Crippen MR) is 108 cm³/mol. The minimum atomic E-state index is -0.0337. The number of nitrogens with two attached hydrogens (primary N) is 1. The lowest BCUT2D eigenvalue weighted by atomic mass is 10.0. The molecular formula is C21H28N4O. The summed E-state index contributed by atoms with van der Waals surface area (Å²) in [6, 6.07) is 16.1. The lowest BCUT2D eigenvalue weighted by Crippen LogP contribution is -2.26. The molecule has 0 atom stereocenters. The van der Waals surface area contributed by atoms with Crippen LogP contribution in [0, 0.1) is 0 Å². The fourth-order valence-corrected chi connectivity index (χ4v) is 2.73. The van der Waals surface area contributed by atoms with E-state index in [-0.39, 0.29) is 5.91 Å². The maximum atomic E-state index is 11.9. The van der Waals surface area contributed by atoms with Crippen molar-refractivity contribution >= 4 is 17.6 Å². The third kappa shape index (κ3) is 5.92. The summed E-state index contributed by atoms with van der Waals surface area (Å²) in [7, 11) is 0. The molecule has 0 saturated heterocycles. The van der Waals surface area contributed by atoms with Crippen LogP contribution in [0.5, 0.6) is 0 Å². The Morgan fingerprint density at radius 1 is 1.00 bits per heavy atom. The van der Waals surface area contributed by atoms with Crippen LogP contribution in [-0.2, 0) is 24.2 Å². The maximum absolute atomic E-state index is 11.9. The SMILES string of the molecule is CCc1cccc(CC)c1NC(N)=NCCC(=O)NCc1ccccc1. The van der Waals surface area contributed by atoms with Crippen LogP contribution in [0.4, 0.5) is 5.69 Å². The van der Waals surface area contributed by atoms with E-state index in [1.165, 1.54) is 11.1 Å². The fourth-order valence-electron chi connectivity index (χ4n) is 2.73. The van der Waals surface area contributed by atoms with E-state index in [1.54, 1.807) is 0 Å². The molecule has 0 unspecified atom stereocenters. The summed E-state index contributed by atoms with van der Waals surface area (Å²) in [6.07, 6.45) is 2.15. The van der Waals surface area contributed by atoms with Gasteiger partial charge < -0.3 is 16.4 Å². The molecule has 138 valence electrons. The number of guanidine groups is 1. The van der Waals surface area contributed by atoms with Gasteiger partial charge >= 0.3 is 0 Å². The zero-order valence-electron chi connectivity index (χ0n) is 15.6. The van der Waals surface area contributed by atoms with E-state index in [2.05, 4.69) is 47.7 Å². The van der Waals surface area contributed by atoms with Gasteiger partial charge in [0.25, 0.3) is 0 Å². The molecule has 26 heavy (non-hydrogen) atoms. The van der Waals surface area contributed by atoms with Crippen molar-refractivity contribution in [2.24, 2.45) is 10.7 Å². The molecule has 5 nitrogen and oxygen atoms in total. The number of carbonyl (C=O) groups excluding carboxylic acids is 1. The topological polar surface area (TPSA) is 79.5 Å². The monoisotopic (exact) mass is 352 g/mol. The number of aliphatic imine (C=N–C) groups is 1. The van der Waals surface area contributed by atoms with Gasteiger partial charge in [0.15, 0.2) is 5.96 Å². The minimum Gasteiger partial charge on any atom is -0.370 e. The molecule has 4 N–H and O–H groups in total. The van der Waals surface area contributed by atoms with Gasteiger partial charge in [0, 0.05) is 18.7 Å². The molecule has 2 aromatic carbocycles. The fraction of sp³-hybridized carbons (Fsp3) is 0.333. The molecule has 5 heteroatoms. The molecule has 0 heterocycles. The summed E-state index contributed by atoms with van der Waals surface area (Å²) in [4.78, 5) is 16.2. The van der Waals surface area contributed by atoms with Gasteiger partial charge in [-0.1, -0.05) is 62.4 Å². The van der Waals surface area contributed by atoms with Crippen LogP contribution in [0.2, 0.25) is 0 Å². The molecule has 0 radical (unpaired) electrons. The number of nitrogens with one attached hydrogen (secondary N) is 2. The Morgan fingerprint density at radius 2 is 1.65 bits per heavy atom. The van der Waals surface area contributed by atoms with Crippen LogP contribution in [0.15, 0.2) is 53.5 Å². The lowest BCUT2D eigenvalue weighted by Gasteiger charge is -2.14. The van der Waals surface area contributed by atoms with Crippen molar-refractivity contribution in [3.05, 3.63) is 65.2 Å². The highest BCUT2D eigenvalue weighted by molar-refractivity contribution is 5.94. The molecule has 0 fully saturated rings. The number of hydrogen-bond acceptors (Lipinski definition) is 2. The average molecular weight is 352 g/mol. The summed E-state index contributed by atoms with van der Waals surface area (Å²) in [6.45, 7) is 5.12. The van der Waals surface area contributed by atoms with Crippen LogP contribution < -0.4 is 16.4 Å². The molecule has 0 bridgehead atoms. The van der Waals surface area contributed by atoms with Crippen molar-refractivity contribution in [2.45, 2.75) is 39.7 Å². The highest BCUT2D eigenvalue weighted by Gasteiger charge is 2.07. The quantitative estimate of drug-likeness (QED) is 0.504. The number of rotatable bonds is 8. The first-order chi connectivity index (χ1) is 12.6. The van der Waals surface area contributed by atoms with E-state index in [0.717, 1.165) is 24.1 Å². The van der Waals surface area contributed by atoms with Gasteiger partial charge in [-0.2, -0.15) is 0 Å². The van der Waals surface area contributed by atoms with E-state index in [1.807, 2.05) is 30.3 Å². The van der Waals surface area contributed by atoms with Crippen LogP contribution in [0.25, 0.3) is 0 Å². The number of hydrogen-bond donors (Lipinski definition) is 3. The standard InChI is InChI=1S/C21H28N4O/c1-3-17-11-8-12-18(4-2)20(17)25-21(22)23-14-13-19(26)24-15-16-9-6-5-7-10-16/h5-12H,3-4,13-15H2,1-2H3,(H,24,26)(H3,22,23,25). The average Bonchev–Trinajstić information content (AvgIpc) is 2.67. The second-order valence-electron chi connectivity index (χ2n) is 6.06. The zero-order valence-corrected chi connectivity index (χ0v) is 15.6. The van der Waals surface area contributed by atoms with Gasteiger partial charge in [0.05, 0.1) is 6.54 Å². The molecule has 0 aliphatic heterocycles. The molecule has 0 spiro atoms. The van der Waals surface area contributed by atoms with Crippen LogP contribution in [0.1, 0.15) is 37.0 Å². The second kappa shape index (κ2) is 10.2. The number of nitrogens with zero attached hydrogens (tertiary/aromatic N) is 1. The van der Waals surface area contributed by atoms with E-state index in [4.69, 9.17) is 5.73 Å². The predicted octanol–water partition coefficient (Wildman–Crippen LogP) is 3.24. The summed E-state index contributed by atoms with van der Waals surface area (Å²) < 4.78 is 0. The number of carbonyl (C=O) groups is 1. The molecule has 2 aromatic rings. The molecule has 0 saturated carbocycles. The normalized spacial score (nSPS) is 11.2. The Kier molecular flexibility index (Phi) is 7.68. The van der Waals surface area contributed by atoms with Gasteiger partial charge in [-0.15, -0.1) is 0 Å². The summed E-state index contributed by atoms with van der Waals surface area (Å²) in [5.41, 5.74) is 10.5. The van der Waals surface area contributed by atoms with Gasteiger partial charge in [-0.25, -0.2) is 0 Å². The molecule has 1 amide bonds. The zero-order chi connectivity index (χ0) is 18.8. The molecule has 2 rings (SSSR count). The van der Waals surface area contributed by atoms with E-state index in [0.29, 0.717) is 25.5 Å². The number of anilines is 1. The molecule has 0 aromatic heterocycles. The van der Waals surface area contributed by atoms with Crippen molar-refractivity contribution < 1.29 is 4.79 Å². The van der Waals surface area contributed by atoms with Crippen molar-refractivity contribution in [2.75, 3.05) is 11.9 Å². The van der Waals surface area contributed by atoms with Gasteiger partial charge in [0.2, 0.25) is 5.91 Å². The molecular weight excluding hydrogens is 324 g/mol. The van der Waals surface area contributed by atoms with Gasteiger partial charge in [-0.3, -0.25) is 9.79 Å². The number of benzene rings is 2. The van der Waals surface area contributed by atoms with E-state index < -0.39 is 0 Å². The van der Waals surface area contributed by atoms with Crippen molar-refractivity contribution in [3.8, 4) is 0 Å². The van der Waals surface area contributed by atoms with Crippen molar-refractivity contribution in [1.82, 2.24) is 5.32 Å². The van der Waals surface area contributed by atoms with Crippen LogP contribution in [-0.4, -0.2) is 18.4 Å². The molecule has 0 aliphatic rings. The molecule has 0 aliphatic carbocycles. The smallest absolute Gasteiger partial charge is 0.222 e. The van der Waals surface area contributed by atoms with Gasteiger partial charge in [0.1, 0.15) is 0 Å². The summed E-state index contributed by atoms with van der Waals surface area (Å²) in [5, 5.41) is 6.10. The van der Waals surface area contributed by atoms with E-state index in [9.17, 15) is 4.79 Å². The maximum Gasteiger partial charge on any atom is 0.222 e. The summed E-state index contributed by atoms with van der Waals surface area (Å²) >= 11 is 0. The Balaban J connectivity index is 1.84. The Morgan fingerprint density at radius 3 is 2.27 bits per heavy atom. The Hall–Kier alpha value is -2.82. The highest BCUT2D eigenvalue weighted by atomic mass is 16.1. The van der Waals surface area contributed by atoms with Crippen LogP contribution >= 0.6 is 0 Å². The van der Waals surface area contributed by atoms with Gasteiger partial charge in [-0.05, 0) is 29.5 Å². The highest BCUT2D eigenvalue weighted by Crippen LogP contribution is 2.22. The first-order valence-corrected chi connectivity index (χ1v) is 9.12. The number of aryl methyl sites for hydroxylation is 2. The third-order valence-electron chi connectivity index (χ3n) is 4.21. The Labute approximate surface area is 155 Å². The summed E-state index contributed by atoms with van der Waals surface area (Å²) in [5.74, 6) is 0.310. The number of amides is 1.